The number of nitrogens with zero attached hydrogens (tertiary/aromatic N) is 1. The van der Waals surface area contributed by atoms with Crippen LogP contribution in [0.3, 0.4) is 0 Å². The first kappa shape index (κ1) is 18.1. The molecule has 2 heterocycles. The molecule has 152 valence electrons. The van der Waals surface area contributed by atoms with Crippen LogP contribution in [0.15, 0.2) is 60.7 Å². The fraction of sp³-hybridized carbons (Fsp3) is 0.520. The molecule has 6 rings (SSSR count). The second kappa shape index (κ2) is 7.51. The molecule has 0 spiro atoms. The molecule has 0 N–H and O–H groups in total. The molecule has 2 aliphatic carbocycles. The topological polar surface area (TPSA) is 30.9 Å². The van der Waals surface area contributed by atoms with Crippen LogP contribution >= 0.6 is 0 Å². The van der Waals surface area contributed by atoms with Crippen molar-refractivity contribution in [2.45, 2.75) is 62.4 Å². The first-order chi connectivity index (χ1) is 14.4. The van der Waals surface area contributed by atoms with Gasteiger partial charge in [0.05, 0.1) is 18.8 Å². The van der Waals surface area contributed by atoms with E-state index in [1.54, 1.807) is 5.23 Å². The highest BCUT2D eigenvalue weighted by Crippen LogP contribution is 2.55. The predicted octanol–water partition coefficient (Wildman–Crippen LogP) is 5.04. The third kappa shape index (κ3) is 3.14. The maximum absolute atomic E-state index is 6.79. The zero-order valence-corrected chi connectivity index (χ0v) is 16.7. The zero-order chi connectivity index (χ0) is 19.2. The van der Waals surface area contributed by atoms with E-state index >= 15 is 0 Å². The Morgan fingerprint density at radius 1 is 0.862 bits per heavy atom. The SMILES string of the molecule is c1ccc([C@@H]2[C@@H]3C[C@H]4CON(O[C@H]3O[C@@H]3CCCC[C@H]3c3ccccc3)[C@H]42)cc1. The van der Waals surface area contributed by atoms with E-state index in [0.717, 1.165) is 19.4 Å². The van der Waals surface area contributed by atoms with E-state index in [4.69, 9.17) is 14.4 Å². The Morgan fingerprint density at radius 3 is 2.38 bits per heavy atom. The van der Waals surface area contributed by atoms with Crippen LogP contribution in [-0.2, 0) is 14.4 Å². The molecule has 2 aliphatic heterocycles. The van der Waals surface area contributed by atoms with Crippen LogP contribution in [-0.4, -0.2) is 30.3 Å². The molecule has 2 saturated heterocycles. The summed E-state index contributed by atoms with van der Waals surface area (Å²) in [5.74, 6) is 1.80. The second-order valence-corrected chi connectivity index (χ2v) is 9.12. The van der Waals surface area contributed by atoms with Gasteiger partial charge in [0.1, 0.15) is 0 Å². The summed E-state index contributed by atoms with van der Waals surface area (Å²) in [7, 11) is 0. The smallest absolute Gasteiger partial charge is 0.183 e. The van der Waals surface area contributed by atoms with Crippen LogP contribution in [0.1, 0.15) is 55.1 Å². The molecule has 0 amide bonds. The van der Waals surface area contributed by atoms with Crippen molar-refractivity contribution in [3.05, 3.63) is 71.8 Å². The largest absolute Gasteiger partial charge is 0.347 e. The van der Waals surface area contributed by atoms with Crippen molar-refractivity contribution in [2.24, 2.45) is 11.8 Å². The van der Waals surface area contributed by atoms with Gasteiger partial charge in [-0.15, -0.1) is 0 Å². The second-order valence-electron chi connectivity index (χ2n) is 9.12. The molecule has 0 radical (unpaired) electrons. The van der Waals surface area contributed by atoms with Gasteiger partial charge in [0, 0.05) is 23.7 Å². The summed E-state index contributed by atoms with van der Waals surface area (Å²) in [6, 6.07) is 22.1. The number of hydrogen-bond acceptors (Lipinski definition) is 4. The molecule has 4 fully saturated rings. The minimum Gasteiger partial charge on any atom is -0.347 e. The van der Waals surface area contributed by atoms with Crippen molar-refractivity contribution in [1.82, 2.24) is 5.23 Å². The fourth-order valence-electron chi connectivity index (χ4n) is 6.23. The van der Waals surface area contributed by atoms with Crippen LogP contribution in [0.5, 0.6) is 0 Å². The number of ether oxygens (including phenoxy) is 1. The predicted molar refractivity (Wildman–Crippen MR) is 110 cm³/mol. The van der Waals surface area contributed by atoms with Gasteiger partial charge in [-0.3, -0.25) is 4.84 Å². The number of hydroxylamine groups is 2. The Morgan fingerprint density at radius 2 is 1.59 bits per heavy atom. The van der Waals surface area contributed by atoms with Crippen LogP contribution in [0.4, 0.5) is 0 Å². The molecule has 2 bridgehead atoms. The fourth-order valence-corrected chi connectivity index (χ4v) is 6.23. The van der Waals surface area contributed by atoms with Crippen LogP contribution in [0.2, 0.25) is 0 Å². The standard InChI is InChI=1S/C25H29NO3/c1-3-9-17(10-4-1)20-13-7-8-14-22(20)28-25-21-15-19-16-27-26(29-25)24(19)23(21)18-11-5-2-6-12-18/h1-6,9-12,19-25H,7-8,13-16H2/t19-,20-,21-,22+,23+,24+,25+/m0/s1. The molecule has 0 aromatic heterocycles. The molecule has 0 unspecified atom stereocenters. The lowest BCUT2D eigenvalue weighted by Crippen LogP contribution is -2.49. The van der Waals surface area contributed by atoms with E-state index in [1.165, 1.54) is 30.4 Å². The maximum atomic E-state index is 6.79. The summed E-state index contributed by atoms with van der Waals surface area (Å²) in [6.45, 7) is 0.771. The van der Waals surface area contributed by atoms with Gasteiger partial charge in [-0.1, -0.05) is 78.7 Å². The van der Waals surface area contributed by atoms with Gasteiger partial charge in [-0.05, 0) is 30.4 Å². The molecule has 4 aliphatic rings. The third-order valence-corrected chi connectivity index (χ3v) is 7.53. The molecule has 4 nitrogen and oxygen atoms in total. The van der Waals surface area contributed by atoms with E-state index in [9.17, 15) is 0 Å². The Hall–Kier alpha value is -1.72. The van der Waals surface area contributed by atoms with Gasteiger partial charge in [0.2, 0.25) is 0 Å². The van der Waals surface area contributed by atoms with E-state index < -0.39 is 0 Å². The van der Waals surface area contributed by atoms with Crippen molar-refractivity contribution in [3.63, 3.8) is 0 Å². The van der Waals surface area contributed by atoms with Gasteiger partial charge in [-0.25, -0.2) is 4.84 Å². The Balaban J connectivity index is 1.27. The Labute approximate surface area is 172 Å². The molecule has 2 saturated carbocycles. The normalized spacial score (nSPS) is 39.0. The summed E-state index contributed by atoms with van der Waals surface area (Å²) in [5.41, 5.74) is 2.79. The van der Waals surface area contributed by atoms with Crippen molar-refractivity contribution in [2.75, 3.05) is 6.61 Å². The minimum absolute atomic E-state index is 0.212. The van der Waals surface area contributed by atoms with Gasteiger partial charge in [0.15, 0.2) is 6.29 Å². The molecule has 7 atom stereocenters. The monoisotopic (exact) mass is 391 g/mol. The zero-order valence-electron chi connectivity index (χ0n) is 16.7. The Bertz CT molecular complexity index is 828. The van der Waals surface area contributed by atoms with Crippen LogP contribution in [0.25, 0.3) is 0 Å². The van der Waals surface area contributed by atoms with Crippen molar-refractivity contribution < 1.29 is 14.4 Å². The minimum atomic E-state index is -0.226. The first-order valence-corrected chi connectivity index (χ1v) is 11.2. The van der Waals surface area contributed by atoms with Gasteiger partial charge in [0.25, 0.3) is 0 Å². The van der Waals surface area contributed by atoms with E-state index in [-0.39, 0.29) is 12.4 Å². The Kier molecular flexibility index (Phi) is 4.68. The summed E-state index contributed by atoms with van der Waals surface area (Å²) >= 11 is 0. The lowest BCUT2D eigenvalue weighted by Gasteiger charge is -2.43. The molecule has 29 heavy (non-hydrogen) atoms. The molecular weight excluding hydrogens is 362 g/mol. The lowest BCUT2D eigenvalue weighted by atomic mass is 9.81. The summed E-state index contributed by atoms with van der Waals surface area (Å²) in [4.78, 5) is 12.2. The van der Waals surface area contributed by atoms with Gasteiger partial charge in [-0.2, -0.15) is 0 Å². The van der Waals surface area contributed by atoms with Crippen LogP contribution in [0, 0.1) is 11.8 Å². The van der Waals surface area contributed by atoms with E-state index in [1.807, 2.05) is 0 Å². The highest BCUT2D eigenvalue weighted by Gasteiger charge is 2.59. The molecule has 2 aromatic carbocycles. The molecule has 4 heteroatoms. The highest BCUT2D eigenvalue weighted by molar-refractivity contribution is 5.26. The van der Waals surface area contributed by atoms with Crippen LogP contribution < -0.4 is 0 Å². The first-order valence-electron chi connectivity index (χ1n) is 11.2. The third-order valence-electron chi connectivity index (χ3n) is 7.53. The quantitative estimate of drug-likeness (QED) is 0.731. The summed E-state index contributed by atoms with van der Waals surface area (Å²) in [5, 5.41) is 1.79. The number of fused-ring (bicyclic) bond motifs is 1. The van der Waals surface area contributed by atoms with E-state index in [2.05, 4.69) is 60.7 Å². The van der Waals surface area contributed by atoms with Gasteiger partial charge >= 0.3 is 0 Å². The average molecular weight is 392 g/mol. The van der Waals surface area contributed by atoms with Crippen molar-refractivity contribution in [3.8, 4) is 0 Å². The molecular formula is C25H29NO3. The van der Waals surface area contributed by atoms with Gasteiger partial charge < -0.3 is 4.74 Å². The van der Waals surface area contributed by atoms with E-state index in [0.29, 0.717) is 29.7 Å². The number of hydrogen-bond donors (Lipinski definition) is 0. The maximum Gasteiger partial charge on any atom is 0.183 e. The average Bonchev–Trinajstić information content (AvgIpc) is 3.31. The summed E-state index contributed by atoms with van der Waals surface area (Å²) in [6.07, 6.45) is 5.92. The van der Waals surface area contributed by atoms with Crippen molar-refractivity contribution >= 4 is 0 Å². The van der Waals surface area contributed by atoms with Crippen molar-refractivity contribution in [1.29, 1.82) is 0 Å². The highest BCUT2D eigenvalue weighted by atomic mass is 17.0. The number of rotatable bonds is 4. The molecule has 2 aromatic rings. The lowest BCUT2D eigenvalue weighted by molar-refractivity contribution is -0.444. The number of benzene rings is 2. The summed E-state index contributed by atoms with van der Waals surface area (Å²) < 4.78 is 6.79.